The summed E-state index contributed by atoms with van der Waals surface area (Å²) >= 11 is 0. The highest BCUT2D eigenvalue weighted by molar-refractivity contribution is 4.35. The SMILES string of the molecule is CN(C)CNCN. The Kier molecular flexibility index (Phi) is 3.98. The number of nitrogens with one attached hydrogen (secondary N) is 1. The van der Waals surface area contributed by atoms with E-state index < -0.39 is 0 Å². The molecule has 44 valence electrons. The minimum absolute atomic E-state index is 0.554. The van der Waals surface area contributed by atoms with Gasteiger partial charge >= 0.3 is 0 Å². The molecule has 0 aliphatic heterocycles. The minimum atomic E-state index is 0.554. The molecule has 0 saturated carbocycles. The van der Waals surface area contributed by atoms with Crippen LogP contribution in [0.1, 0.15) is 0 Å². The Morgan fingerprint density at radius 2 is 2.14 bits per heavy atom. The average molecular weight is 103 g/mol. The van der Waals surface area contributed by atoms with Gasteiger partial charge in [-0.25, -0.2) is 0 Å². The van der Waals surface area contributed by atoms with Gasteiger partial charge < -0.3 is 5.73 Å². The molecule has 0 aromatic rings. The van der Waals surface area contributed by atoms with Crippen molar-refractivity contribution in [1.82, 2.24) is 10.2 Å². The van der Waals surface area contributed by atoms with E-state index in [1.165, 1.54) is 0 Å². The van der Waals surface area contributed by atoms with E-state index in [-0.39, 0.29) is 0 Å². The van der Waals surface area contributed by atoms with Crippen LogP contribution in [0.2, 0.25) is 0 Å². The van der Waals surface area contributed by atoms with Crippen molar-refractivity contribution >= 4 is 0 Å². The Labute approximate surface area is 44.5 Å². The topological polar surface area (TPSA) is 41.3 Å². The molecule has 0 radical (unpaired) electrons. The molecule has 0 unspecified atom stereocenters. The predicted molar refractivity (Wildman–Crippen MR) is 30.7 cm³/mol. The van der Waals surface area contributed by atoms with Crippen molar-refractivity contribution in [3.8, 4) is 0 Å². The third kappa shape index (κ3) is 5.88. The summed E-state index contributed by atoms with van der Waals surface area (Å²) < 4.78 is 0. The lowest BCUT2D eigenvalue weighted by molar-refractivity contribution is 0.372. The molecule has 0 aromatic heterocycles. The van der Waals surface area contributed by atoms with E-state index >= 15 is 0 Å². The zero-order valence-corrected chi connectivity index (χ0v) is 4.94. The molecule has 3 nitrogen and oxygen atoms in total. The zero-order chi connectivity index (χ0) is 5.70. The first-order chi connectivity index (χ1) is 3.27. The lowest BCUT2D eigenvalue weighted by Gasteiger charge is -2.07. The summed E-state index contributed by atoms with van der Waals surface area (Å²) in [5, 5.41) is 2.95. The summed E-state index contributed by atoms with van der Waals surface area (Å²) in [6.07, 6.45) is 0. The van der Waals surface area contributed by atoms with E-state index in [1.807, 2.05) is 19.0 Å². The molecule has 0 fully saturated rings. The molecule has 7 heavy (non-hydrogen) atoms. The van der Waals surface area contributed by atoms with E-state index in [9.17, 15) is 0 Å². The fourth-order valence-electron chi connectivity index (χ4n) is 0.288. The van der Waals surface area contributed by atoms with Gasteiger partial charge in [0.15, 0.2) is 0 Å². The highest BCUT2D eigenvalue weighted by Gasteiger charge is 1.81. The van der Waals surface area contributed by atoms with E-state index in [0.29, 0.717) is 6.67 Å². The van der Waals surface area contributed by atoms with Gasteiger partial charge in [0.25, 0.3) is 0 Å². The fraction of sp³-hybridized carbons (Fsp3) is 1.00. The molecule has 3 N–H and O–H groups in total. The van der Waals surface area contributed by atoms with Gasteiger partial charge in [0.1, 0.15) is 0 Å². The van der Waals surface area contributed by atoms with Gasteiger partial charge in [-0.15, -0.1) is 0 Å². The van der Waals surface area contributed by atoms with Gasteiger partial charge in [-0.1, -0.05) is 0 Å². The molecule has 0 spiro atoms. The lowest BCUT2D eigenvalue weighted by atomic mass is 10.8. The van der Waals surface area contributed by atoms with Crippen LogP contribution in [-0.4, -0.2) is 32.3 Å². The third-order valence-electron chi connectivity index (χ3n) is 0.572. The number of nitrogens with two attached hydrogens (primary N) is 1. The van der Waals surface area contributed by atoms with Crippen molar-refractivity contribution in [2.45, 2.75) is 0 Å². The summed E-state index contributed by atoms with van der Waals surface area (Å²) in [7, 11) is 3.98. The van der Waals surface area contributed by atoms with Crippen molar-refractivity contribution in [3.63, 3.8) is 0 Å². The van der Waals surface area contributed by atoms with Crippen molar-refractivity contribution in [2.24, 2.45) is 5.73 Å². The molecule has 0 amide bonds. The van der Waals surface area contributed by atoms with Crippen LogP contribution in [0.3, 0.4) is 0 Å². The molecule has 0 aromatic carbocycles. The van der Waals surface area contributed by atoms with Crippen molar-refractivity contribution in [2.75, 3.05) is 27.4 Å². The Bertz CT molecular complexity index is 35.9. The third-order valence-corrected chi connectivity index (χ3v) is 0.572. The van der Waals surface area contributed by atoms with Crippen LogP contribution < -0.4 is 11.1 Å². The monoisotopic (exact) mass is 103 g/mol. The molecular weight excluding hydrogens is 90.1 g/mol. The van der Waals surface area contributed by atoms with Gasteiger partial charge in [0.05, 0.1) is 0 Å². The molecule has 0 heterocycles. The van der Waals surface area contributed by atoms with Gasteiger partial charge in [-0.2, -0.15) is 0 Å². The lowest BCUT2D eigenvalue weighted by Crippen LogP contribution is -2.32. The molecule has 0 bridgehead atoms. The maximum Gasteiger partial charge on any atom is 0.0484 e. The van der Waals surface area contributed by atoms with Gasteiger partial charge in [0, 0.05) is 13.3 Å². The van der Waals surface area contributed by atoms with E-state index in [2.05, 4.69) is 5.32 Å². The summed E-state index contributed by atoms with van der Waals surface area (Å²) in [6, 6.07) is 0. The zero-order valence-electron chi connectivity index (χ0n) is 4.94. The van der Waals surface area contributed by atoms with E-state index in [1.54, 1.807) is 0 Å². The summed E-state index contributed by atoms with van der Waals surface area (Å²) in [6.45, 7) is 1.41. The maximum absolute atomic E-state index is 5.14. The van der Waals surface area contributed by atoms with Crippen molar-refractivity contribution < 1.29 is 0 Å². The highest BCUT2D eigenvalue weighted by Crippen LogP contribution is 1.62. The van der Waals surface area contributed by atoms with Crippen LogP contribution in [0.15, 0.2) is 0 Å². The van der Waals surface area contributed by atoms with Crippen LogP contribution in [0.5, 0.6) is 0 Å². The van der Waals surface area contributed by atoms with Gasteiger partial charge in [-0.05, 0) is 14.1 Å². The Balaban J connectivity index is 2.68. The molecule has 0 atom stereocenters. The van der Waals surface area contributed by atoms with Crippen LogP contribution >= 0.6 is 0 Å². The molecular formula is C4H13N3. The summed E-state index contributed by atoms with van der Waals surface area (Å²) in [4.78, 5) is 2.02. The van der Waals surface area contributed by atoms with Gasteiger partial charge in [0.2, 0.25) is 0 Å². The summed E-state index contributed by atoms with van der Waals surface area (Å²) in [5.41, 5.74) is 5.14. The standard InChI is InChI=1S/C4H13N3/c1-7(2)4-6-3-5/h6H,3-5H2,1-2H3. The molecule has 0 aliphatic carbocycles. The number of nitrogens with zero attached hydrogens (tertiary/aromatic N) is 1. The number of rotatable bonds is 3. The molecule has 0 rings (SSSR count). The second-order valence-corrected chi connectivity index (χ2v) is 1.69. The first-order valence-electron chi connectivity index (χ1n) is 2.33. The summed E-state index contributed by atoms with van der Waals surface area (Å²) in [5.74, 6) is 0. The second kappa shape index (κ2) is 4.05. The number of hydrogen-bond acceptors (Lipinski definition) is 3. The quantitative estimate of drug-likeness (QED) is 0.451. The van der Waals surface area contributed by atoms with E-state index in [0.717, 1.165) is 6.67 Å². The second-order valence-electron chi connectivity index (χ2n) is 1.69. The van der Waals surface area contributed by atoms with Gasteiger partial charge in [-0.3, -0.25) is 10.2 Å². The maximum atomic E-state index is 5.14. The highest BCUT2D eigenvalue weighted by atomic mass is 15.2. The van der Waals surface area contributed by atoms with Crippen LogP contribution in [0, 0.1) is 0 Å². The minimum Gasteiger partial charge on any atom is -0.318 e. The Hall–Kier alpha value is -0.120. The predicted octanol–water partition coefficient (Wildman–Crippen LogP) is -0.989. The smallest absolute Gasteiger partial charge is 0.0484 e. The Morgan fingerprint density at radius 3 is 2.29 bits per heavy atom. The first kappa shape index (κ1) is 6.88. The van der Waals surface area contributed by atoms with Crippen LogP contribution in [-0.2, 0) is 0 Å². The normalized spacial score (nSPS) is 10.3. The van der Waals surface area contributed by atoms with Crippen LogP contribution in [0.4, 0.5) is 0 Å². The first-order valence-corrected chi connectivity index (χ1v) is 2.33. The van der Waals surface area contributed by atoms with Crippen molar-refractivity contribution in [1.29, 1.82) is 0 Å². The van der Waals surface area contributed by atoms with Crippen molar-refractivity contribution in [3.05, 3.63) is 0 Å². The average Bonchev–Trinajstić information content (AvgIpc) is 1.61. The molecule has 0 aliphatic rings. The van der Waals surface area contributed by atoms with E-state index in [4.69, 9.17) is 5.73 Å². The van der Waals surface area contributed by atoms with Crippen LogP contribution in [0.25, 0.3) is 0 Å². The number of hydrogen-bond donors (Lipinski definition) is 2. The molecule has 0 saturated heterocycles. The largest absolute Gasteiger partial charge is 0.318 e. The Morgan fingerprint density at radius 1 is 1.57 bits per heavy atom. The molecule has 3 heteroatoms. The fourth-order valence-corrected chi connectivity index (χ4v) is 0.288.